The molecule has 90 valence electrons. The van der Waals surface area contributed by atoms with E-state index in [4.69, 9.17) is 0 Å². The number of piperidine rings is 1. The molecule has 4 heteroatoms. The summed E-state index contributed by atoms with van der Waals surface area (Å²) in [7, 11) is 0. The van der Waals surface area contributed by atoms with Crippen molar-refractivity contribution in [3.05, 3.63) is 15.6 Å². The molecule has 0 N–H and O–H groups in total. The Morgan fingerprint density at radius 2 is 2.25 bits per heavy atom. The first-order valence-electron chi connectivity index (χ1n) is 5.93. The summed E-state index contributed by atoms with van der Waals surface area (Å²) in [5.41, 5.74) is 1.20. The van der Waals surface area contributed by atoms with Gasteiger partial charge in [-0.25, -0.2) is 4.98 Å². The van der Waals surface area contributed by atoms with Gasteiger partial charge in [-0.3, -0.25) is 4.90 Å². The number of likely N-dealkylation sites (tertiary alicyclic amines) is 1. The van der Waals surface area contributed by atoms with Gasteiger partial charge in [-0.1, -0.05) is 22.4 Å². The average Bonchev–Trinajstić information content (AvgIpc) is 2.59. The van der Waals surface area contributed by atoms with Crippen molar-refractivity contribution in [2.24, 2.45) is 0 Å². The molecule has 1 unspecified atom stereocenters. The van der Waals surface area contributed by atoms with Crippen LogP contribution in [0.2, 0.25) is 0 Å². The summed E-state index contributed by atoms with van der Waals surface area (Å²) in [5.74, 6) is 0. The lowest BCUT2D eigenvalue weighted by atomic mass is 10.0. The molecule has 0 aromatic carbocycles. The van der Waals surface area contributed by atoms with Gasteiger partial charge in [-0.05, 0) is 33.2 Å². The van der Waals surface area contributed by atoms with E-state index in [1.54, 1.807) is 0 Å². The Hall–Kier alpha value is 0.0700. The van der Waals surface area contributed by atoms with Crippen molar-refractivity contribution in [2.45, 2.75) is 45.7 Å². The smallest absolute Gasteiger partial charge is 0.107 e. The molecular weight excluding hydrogens is 284 g/mol. The zero-order valence-electron chi connectivity index (χ0n) is 10.0. The van der Waals surface area contributed by atoms with Gasteiger partial charge in [-0.2, -0.15) is 0 Å². The Morgan fingerprint density at radius 3 is 2.88 bits per heavy atom. The molecule has 0 bridgehead atoms. The summed E-state index contributed by atoms with van der Waals surface area (Å²) in [4.78, 5) is 8.58. The van der Waals surface area contributed by atoms with Gasteiger partial charge in [0.15, 0.2) is 0 Å². The predicted octanol–water partition coefficient (Wildman–Crippen LogP) is 3.51. The minimum Gasteiger partial charge on any atom is -0.293 e. The summed E-state index contributed by atoms with van der Waals surface area (Å²) < 4.78 is 0. The zero-order chi connectivity index (χ0) is 11.5. The van der Waals surface area contributed by atoms with Crippen molar-refractivity contribution in [1.82, 2.24) is 9.88 Å². The molecule has 2 nitrogen and oxygen atoms in total. The van der Waals surface area contributed by atoms with Gasteiger partial charge in [0.05, 0.1) is 12.2 Å². The maximum atomic E-state index is 4.63. The lowest BCUT2D eigenvalue weighted by Gasteiger charge is -2.33. The molecule has 1 fully saturated rings. The van der Waals surface area contributed by atoms with Crippen molar-refractivity contribution in [3.8, 4) is 0 Å². The Balaban J connectivity index is 2.02. The van der Waals surface area contributed by atoms with Gasteiger partial charge < -0.3 is 0 Å². The van der Waals surface area contributed by atoms with Crippen LogP contribution in [-0.4, -0.2) is 27.8 Å². The molecule has 1 atom stereocenters. The first-order chi connectivity index (χ1) is 7.70. The molecule has 0 saturated carbocycles. The number of thiazole rings is 1. The first-order valence-corrected chi connectivity index (χ1v) is 7.87. The molecule has 2 heterocycles. The van der Waals surface area contributed by atoms with Crippen LogP contribution < -0.4 is 0 Å². The monoisotopic (exact) mass is 302 g/mol. The summed E-state index contributed by atoms with van der Waals surface area (Å²) in [5, 5.41) is 2.37. The minimum absolute atomic E-state index is 0.707. The molecule has 1 aliphatic rings. The minimum atomic E-state index is 0.707. The van der Waals surface area contributed by atoms with Gasteiger partial charge in [0.1, 0.15) is 5.01 Å². The van der Waals surface area contributed by atoms with Crippen LogP contribution in [-0.2, 0) is 6.54 Å². The van der Waals surface area contributed by atoms with E-state index >= 15 is 0 Å². The van der Waals surface area contributed by atoms with Crippen molar-refractivity contribution in [2.75, 3.05) is 11.9 Å². The van der Waals surface area contributed by atoms with E-state index in [0.717, 1.165) is 11.9 Å². The number of aromatic nitrogens is 1. The van der Waals surface area contributed by atoms with E-state index < -0.39 is 0 Å². The lowest BCUT2D eigenvalue weighted by Crippen LogP contribution is -2.39. The highest BCUT2D eigenvalue weighted by Crippen LogP contribution is 2.24. The molecule has 16 heavy (non-hydrogen) atoms. The number of hydrogen-bond acceptors (Lipinski definition) is 3. The van der Waals surface area contributed by atoms with Crippen LogP contribution in [0.25, 0.3) is 0 Å². The third-order valence-electron chi connectivity index (χ3n) is 3.34. The van der Waals surface area contributed by atoms with Gasteiger partial charge in [0.25, 0.3) is 0 Å². The summed E-state index contributed by atoms with van der Waals surface area (Å²) in [6, 6.07) is 0.707. The molecule has 1 aromatic heterocycles. The molecule has 0 amide bonds. The highest BCUT2D eigenvalue weighted by atomic mass is 79.9. The second-order valence-corrected chi connectivity index (χ2v) is 6.46. The van der Waals surface area contributed by atoms with Gasteiger partial charge >= 0.3 is 0 Å². The van der Waals surface area contributed by atoms with E-state index in [-0.39, 0.29) is 0 Å². The summed E-state index contributed by atoms with van der Waals surface area (Å²) in [6.45, 7) is 6.53. The number of rotatable bonds is 3. The van der Waals surface area contributed by atoms with Crippen LogP contribution >= 0.6 is 27.3 Å². The maximum Gasteiger partial charge on any atom is 0.107 e. The van der Waals surface area contributed by atoms with E-state index in [0.29, 0.717) is 6.04 Å². The number of nitrogens with zero attached hydrogens (tertiary/aromatic N) is 2. The fourth-order valence-corrected chi connectivity index (χ4v) is 3.92. The third kappa shape index (κ3) is 2.84. The van der Waals surface area contributed by atoms with Crippen LogP contribution in [0.3, 0.4) is 0 Å². The van der Waals surface area contributed by atoms with Crippen LogP contribution in [0, 0.1) is 13.8 Å². The average molecular weight is 303 g/mol. The van der Waals surface area contributed by atoms with Crippen LogP contribution in [0.15, 0.2) is 0 Å². The SMILES string of the molecule is Cc1nc(CN2CCCCC2CBr)sc1C. The van der Waals surface area contributed by atoms with E-state index in [1.807, 2.05) is 11.3 Å². The number of hydrogen-bond donors (Lipinski definition) is 0. The van der Waals surface area contributed by atoms with Crippen LogP contribution in [0.5, 0.6) is 0 Å². The highest BCUT2D eigenvalue weighted by Gasteiger charge is 2.22. The van der Waals surface area contributed by atoms with Crippen LogP contribution in [0.1, 0.15) is 34.8 Å². The zero-order valence-corrected chi connectivity index (χ0v) is 12.4. The van der Waals surface area contributed by atoms with Gasteiger partial charge in [0, 0.05) is 16.2 Å². The largest absolute Gasteiger partial charge is 0.293 e. The molecule has 2 rings (SSSR count). The predicted molar refractivity (Wildman–Crippen MR) is 73.4 cm³/mol. The first kappa shape index (κ1) is 12.5. The van der Waals surface area contributed by atoms with E-state index in [9.17, 15) is 0 Å². The second kappa shape index (κ2) is 5.61. The standard InChI is InChI=1S/C12H19BrN2S/c1-9-10(2)16-12(14-9)8-15-6-4-3-5-11(15)7-13/h11H,3-8H2,1-2H3. The van der Waals surface area contributed by atoms with Gasteiger partial charge in [0.2, 0.25) is 0 Å². The molecule has 1 aliphatic heterocycles. The lowest BCUT2D eigenvalue weighted by molar-refractivity contribution is 0.156. The molecular formula is C12H19BrN2S. The third-order valence-corrected chi connectivity index (χ3v) is 5.14. The molecule has 1 aromatic rings. The maximum absolute atomic E-state index is 4.63. The normalized spacial score (nSPS) is 22.6. The molecule has 0 spiro atoms. The fourth-order valence-electron chi connectivity index (χ4n) is 2.22. The number of aryl methyl sites for hydroxylation is 2. The quantitative estimate of drug-likeness (QED) is 0.794. The van der Waals surface area contributed by atoms with E-state index in [1.165, 1.54) is 41.4 Å². The molecule has 1 saturated heterocycles. The fraction of sp³-hybridized carbons (Fsp3) is 0.750. The molecule has 0 radical (unpaired) electrons. The van der Waals surface area contributed by atoms with Crippen molar-refractivity contribution < 1.29 is 0 Å². The summed E-state index contributed by atoms with van der Waals surface area (Å²) >= 11 is 5.48. The Morgan fingerprint density at radius 1 is 1.44 bits per heavy atom. The second-order valence-electron chi connectivity index (χ2n) is 4.52. The van der Waals surface area contributed by atoms with Crippen LogP contribution in [0.4, 0.5) is 0 Å². The highest BCUT2D eigenvalue weighted by molar-refractivity contribution is 9.09. The number of halogens is 1. The van der Waals surface area contributed by atoms with Crippen molar-refractivity contribution in [3.63, 3.8) is 0 Å². The van der Waals surface area contributed by atoms with Crippen molar-refractivity contribution in [1.29, 1.82) is 0 Å². The Kier molecular flexibility index (Phi) is 4.39. The summed E-state index contributed by atoms with van der Waals surface area (Å²) in [6.07, 6.45) is 4.05. The Labute approximate surface area is 110 Å². The van der Waals surface area contributed by atoms with Crippen molar-refractivity contribution >= 4 is 27.3 Å². The number of alkyl halides is 1. The Bertz CT molecular complexity index is 331. The van der Waals surface area contributed by atoms with E-state index in [2.05, 4.69) is 39.7 Å². The molecule has 0 aliphatic carbocycles. The topological polar surface area (TPSA) is 16.1 Å². The van der Waals surface area contributed by atoms with Gasteiger partial charge in [-0.15, -0.1) is 11.3 Å².